The van der Waals surface area contributed by atoms with Crippen molar-refractivity contribution in [1.29, 1.82) is 0 Å². The second-order valence-corrected chi connectivity index (χ2v) is 29.4. The Kier molecular flexibility index (Phi) is 12.2. The molecule has 6 heteroatoms. The minimum Gasteiger partial charge on any atom is -0.310 e. The van der Waals surface area contributed by atoms with E-state index in [1.807, 2.05) is 11.8 Å². The van der Waals surface area contributed by atoms with E-state index in [2.05, 4.69) is 331 Å². The lowest BCUT2D eigenvalue weighted by Gasteiger charge is -2.48. The number of hydrogen-bond donors (Lipinski definition) is 0. The lowest BCUT2D eigenvalue weighted by Crippen LogP contribution is -2.64. The summed E-state index contributed by atoms with van der Waals surface area (Å²) in [5.41, 5.74) is 31.8. The molecular formula is C84H69B2N3S. The number of para-hydroxylation sites is 3. The number of aromatic nitrogens is 1. The van der Waals surface area contributed by atoms with E-state index in [0.29, 0.717) is 0 Å². The summed E-state index contributed by atoms with van der Waals surface area (Å²) < 4.78 is 2.66. The van der Waals surface area contributed by atoms with Crippen LogP contribution in [-0.4, -0.2) is 18.0 Å². The number of nitrogens with zero attached hydrogens (tertiary/aromatic N) is 3. The fraction of sp³-hybridized carbons (Fsp3) is 0.143. The van der Waals surface area contributed by atoms with Gasteiger partial charge in [-0.2, -0.15) is 0 Å². The summed E-state index contributed by atoms with van der Waals surface area (Å²) in [6.07, 6.45) is 0. The monoisotopic (exact) mass is 1170 g/mol. The van der Waals surface area contributed by atoms with Crippen molar-refractivity contribution in [2.75, 3.05) is 9.80 Å². The van der Waals surface area contributed by atoms with Crippen LogP contribution in [0, 0.1) is 0 Å². The molecule has 0 saturated carbocycles. The van der Waals surface area contributed by atoms with Crippen LogP contribution in [0.3, 0.4) is 0 Å². The highest BCUT2D eigenvalue weighted by Crippen LogP contribution is 2.57. The summed E-state index contributed by atoms with van der Waals surface area (Å²) in [4.78, 5) is 8.14. The Bertz CT molecular complexity index is 4990. The molecule has 0 fully saturated rings. The lowest BCUT2D eigenvalue weighted by molar-refractivity contribution is 0.590. The van der Waals surface area contributed by atoms with Crippen molar-refractivity contribution in [3.8, 4) is 50.2 Å². The molecule has 0 aliphatic carbocycles. The Balaban J connectivity index is 1.10. The minimum absolute atomic E-state index is 0.0125. The molecule has 1 aromatic heterocycles. The molecule has 0 unspecified atom stereocenters. The third kappa shape index (κ3) is 8.22. The third-order valence-corrected chi connectivity index (χ3v) is 21.1. The summed E-state index contributed by atoms with van der Waals surface area (Å²) in [7, 11) is 0. The van der Waals surface area contributed by atoms with Crippen molar-refractivity contribution in [3.05, 3.63) is 271 Å². The fourth-order valence-corrected chi connectivity index (χ4v) is 16.8. The standard InChI is InChI=1S/C84H69B2N3S/c1-82(2,3)56-45-61(52-29-14-10-15-30-52)77(62(46-56)53-31-16-11-17-32-53)88-70-43-26-23-39-65(70)85-68-51-73-76-81(90-74-44-27-24-40-66(74)86(76)67-41-28-38-60-59-37-22-25-42-69(59)87(73)79(60)67)80(68)89(72-50-58(84(7,8)9)49-71(88)75(72)85)78-63(54-33-18-12-19-34-54)47-57(83(4,5)6)48-64(78)55-35-20-13-21-36-55/h10-51H,1-9H3. The zero-order chi connectivity index (χ0) is 61.1. The van der Waals surface area contributed by atoms with Crippen LogP contribution in [0.2, 0.25) is 0 Å². The van der Waals surface area contributed by atoms with Crippen LogP contribution in [0.1, 0.15) is 79.0 Å². The minimum atomic E-state index is -0.274. The van der Waals surface area contributed by atoms with Crippen molar-refractivity contribution in [2.24, 2.45) is 0 Å². The molecule has 0 N–H and O–H groups in total. The van der Waals surface area contributed by atoms with Crippen LogP contribution in [0.25, 0.3) is 72.0 Å². The molecule has 90 heavy (non-hydrogen) atoms. The van der Waals surface area contributed by atoms with Gasteiger partial charge in [0.2, 0.25) is 6.71 Å². The van der Waals surface area contributed by atoms with Gasteiger partial charge in [0, 0.05) is 71.1 Å². The van der Waals surface area contributed by atoms with E-state index in [4.69, 9.17) is 0 Å². The maximum atomic E-state index is 2.82. The second kappa shape index (κ2) is 20.0. The Morgan fingerprint density at radius 3 is 1.28 bits per heavy atom. The molecule has 0 spiro atoms. The van der Waals surface area contributed by atoms with Gasteiger partial charge in [0.15, 0.2) is 0 Å². The summed E-state index contributed by atoms with van der Waals surface area (Å²) in [5, 5.41) is 2.58. The summed E-state index contributed by atoms with van der Waals surface area (Å²) in [6, 6.07) is 97.9. The van der Waals surface area contributed by atoms with E-state index < -0.39 is 0 Å². The van der Waals surface area contributed by atoms with Crippen molar-refractivity contribution in [3.63, 3.8) is 0 Å². The quantitative estimate of drug-likeness (QED) is 0.154. The average Bonchev–Trinajstić information content (AvgIpc) is 1.01. The highest BCUT2D eigenvalue weighted by Gasteiger charge is 2.50. The van der Waals surface area contributed by atoms with Crippen molar-refractivity contribution < 1.29 is 0 Å². The fourth-order valence-electron chi connectivity index (χ4n) is 15.4. The lowest BCUT2D eigenvalue weighted by atomic mass is 9.31. The van der Waals surface area contributed by atoms with Gasteiger partial charge in [-0.05, 0) is 143 Å². The van der Waals surface area contributed by atoms with E-state index in [9.17, 15) is 0 Å². The van der Waals surface area contributed by atoms with Gasteiger partial charge in [-0.1, -0.05) is 274 Å². The van der Waals surface area contributed by atoms with Crippen LogP contribution in [0.4, 0.5) is 34.1 Å². The van der Waals surface area contributed by atoms with Gasteiger partial charge in [0.25, 0.3) is 6.71 Å². The highest BCUT2D eigenvalue weighted by molar-refractivity contribution is 8.00. The number of rotatable bonds is 6. The molecule has 0 atom stereocenters. The van der Waals surface area contributed by atoms with Crippen LogP contribution in [-0.2, 0) is 16.2 Å². The number of hydrogen-bond acceptors (Lipinski definition) is 3. The van der Waals surface area contributed by atoms with Gasteiger partial charge in [-0.3, -0.25) is 0 Å². The van der Waals surface area contributed by atoms with Gasteiger partial charge in [0.1, 0.15) is 0 Å². The Morgan fingerprint density at radius 2 is 0.733 bits per heavy atom. The predicted octanol–water partition coefficient (Wildman–Crippen LogP) is 18.7. The predicted molar refractivity (Wildman–Crippen MR) is 388 cm³/mol. The topological polar surface area (TPSA) is 11.4 Å². The third-order valence-electron chi connectivity index (χ3n) is 19.8. The molecular weight excluding hydrogens is 1100 g/mol. The number of benzene rings is 12. The molecule has 432 valence electrons. The molecule has 0 radical (unpaired) electrons. The second-order valence-electron chi connectivity index (χ2n) is 28.4. The van der Waals surface area contributed by atoms with E-state index >= 15 is 0 Å². The molecule has 17 rings (SSSR count). The largest absolute Gasteiger partial charge is 0.310 e. The maximum Gasteiger partial charge on any atom is 0.252 e. The zero-order valence-corrected chi connectivity index (χ0v) is 53.5. The van der Waals surface area contributed by atoms with Crippen molar-refractivity contribution in [2.45, 2.75) is 88.3 Å². The molecule has 13 aromatic rings. The molecule has 4 aliphatic heterocycles. The summed E-state index contributed by atoms with van der Waals surface area (Å²) >= 11 is 1.98. The van der Waals surface area contributed by atoms with Gasteiger partial charge >= 0.3 is 0 Å². The highest BCUT2D eigenvalue weighted by atomic mass is 32.2. The molecule has 4 aliphatic rings. The Labute approximate surface area is 534 Å². The zero-order valence-electron chi connectivity index (χ0n) is 52.7. The summed E-state index contributed by atoms with van der Waals surface area (Å²) in [6.45, 7) is 21.2. The first-order chi connectivity index (χ1) is 43.6. The average molecular weight is 1170 g/mol. The van der Waals surface area contributed by atoms with E-state index in [1.165, 1.54) is 165 Å². The molecule has 0 saturated heterocycles. The molecule has 12 aromatic carbocycles. The SMILES string of the molecule is CC(C)(C)c1cc(-c2ccccc2)c(N2c3ccccc3B3c4cc5c6c(c4N(c4c(-c7ccccc7)cc(C(C)(C)C)cc4-c4ccccc4)c4cc(C(C)(C)C)cc2c43)Sc2ccccc2B6c2cccc3c4ccccc4n-5c23)c(-c2ccccc2)c1. The number of anilines is 6. The first kappa shape index (κ1) is 54.7. The van der Waals surface area contributed by atoms with Gasteiger partial charge in [-0.15, -0.1) is 0 Å². The van der Waals surface area contributed by atoms with E-state index in [-0.39, 0.29) is 29.7 Å². The normalized spacial score (nSPS) is 13.7. The first-order valence-corrected chi connectivity index (χ1v) is 32.9. The van der Waals surface area contributed by atoms with Gasteiger partial charge in [0.05, 0.1) is 22.6 Å². The smallest absolute Gasteiger partial charge is 0.252 e. The van der Waals surface area contributed by atoms with E-state index in [1.54, 1.807) is 0 Å². The van der Waals surface area contributed by atoms with Crippen LogP contribution < -0.4 is 42.6 Å². The summed E-state index contributed by atoms with van der Waals surface area (Å²) in [5.74, 6) is 0. The maximum absolute atomic E-state index is 2.82. The van der Waals surface area contributed by atoms with Crippen molar-refractivity contribution in [1.82, 2.24) is 4.57 Å². The van der Waals surface area contributed by atoms with Gasteiger partial charge < -0.3 is 14.4 Å². The molecule has 0 amide bonds. The Hall–Kier alpha value is -9.48. The van der Waals surface area contributed by atoms with Crippen LogP contribution in [0.5, 0.6) is 0 Å². The molecule has 5 heterocycles. The molecule has 3 nitrogen and oxygen atoms in total. The van der Waals surface area contributed by atoms with Crippen LogP contribution in [0.15, 0.2) is 265 Å². The van der Waals surface area contributed by atoms with Gasteiger partial charge in [-0.25, -0.2) is 0 Å². The van der Waals surface area contributed by atoms with Crippen molar-refractivity contribution >= 4 is 114 Å². The Morgan fingerprint density at radius 1 is 0.311 bits per heavy atom. The van der Waals surface area contributed by atoms with Crippen LogP contribution >= 0.6 is 11.8 Å². The first-order valence-electron chi connectivity index (χ1n) is 32.1. The number of fused-ring (bicyclic) bond motifs is 12. The molecule has 0 bridgehead atoms. The van der Waals surface area contributed by atoms with E-state index in [0.717, 1.165) is 0 Å².